The summed E-state index contributed by atoms with van der Waals surface area (Å²) in [6.45, 7) is 3.81. The van der Waals surface area contributed by atoms with Crippen molar-refractivity contribution in [3.8, 4) is 0 Å². The minimum atomic E-state index is 0.610. The van der Waals surface area contributed by atoms with E-state index < -0.39 is 0 Å². The van der Waals surface area contributed by atoms with Crippen LogP contribution in [-0.2, 0) is 17.9 Å². The number of rotatable bonds is 7. The maximum Gasteiger partial charge on any atom is 0.0717 e. The van der Waals surface area contributed by atoms with Gasteiger partial charge in [-0.25, -0.2) is 0 Å². The van der Waals surface area contributed by atoms with Crippen molar-refractivity contribution in [2.45, 2.75) is 57.3 Å². The number of nitrogens with one attached hydrogen (secondary N) is 1. The quantitative estimate of drug-likeness (QED) is 0.835. The highest BCUT2D eigenvalue weighted by atomic mass is 16.5. The van der Waals surface area contributed by atoms with E-state index in [4.69, 9.17) is 4.74 Å². The van der Waals surface area contributed by atoms with Crippen molar-refractivity contribution >= 4 is 0 Å². The Labute approximate surface area is 128 Å². The van der Waals surface area contributed by atoms with Gasteiger partial charge in [-0.2, -0.15) is 0 Å². The summed E-state index contributed by atoms with van der Waals surface area (Å²) in [5.74, 6) is 0. The lowest BCUT2D eigenvalue weighted by atomic mass is 10.0. The van der Waals surface area contributed by atoms with Crippen molar-refractivity contribution in [1.29, 1.82) is 0 Å². The molecule has 3 heteroatoms. The minimum absolute atomic E-state index is 0.610. The molecule has 1 aliphatic heterocycles. The number of hydrogen-bond acceptors (Lipinski definition) is 3. The fourth-order valence-corrected chi connectivity index (χ4v) is 3.05. The van der Waals surface area contributed by atoms with Crippen LogP contribution in [0, 0.1) is 0 Å². The second-order valence-corrected chi connectivity index (χ2v) is 6.62. The van der Waals surface area contributed by atoms with Gasteiger partial charge in [-0.05, 0) is 50.4 Å². The first kappa shape index (κ1) is 15.0. The van der Waals surface area contributed by atoms with Crippen molar-refractivity contribution in [3.63, 3.8) is 0 Å². The van der Waals surface area contributed by atoms with Gasteiger partial charge < -0.3 is 15.0 Å². The predicted octanol–water partition coefficient (Wildman–Crippen LogP) is 2.94. The first-order valence-corrected chi connectivity index (χ1v) is 8.40. The monoisotopic (exact) mass is 288 g/mol. The highest BCUT2D eigenvalue weighted by molar-refractivity contribution is 5.23. The zero-order chi connectivity index (χ0) is 14.5. The molecule has 2 aliphatic rings. The van der Waals surface area contributed by atoms with Crippen LogP contribution in [0.25, 0.3) is 0 Å². The van der Waals surface area contributed by atoms with Gasteiger partial charge in [0, 0.05) is 18.6 Å². The second kappa shape index (κ2) is 7.39. The van der Waals surface area contributed by atoms with Crippen molar-refractivity contribution in [3.05, 3.63) is 35.4 Å². The Kier molecular flexibility index (Phi) is 5.28. The van der Waals surface area contributed by atoms with Crippen molar-refractivity contribution in [1.82, 2.24) is 10.2 Å². The predicted molar refractivity (Wildman–Crippen MR) is 86.2 cm³/mol. The molecule has 0 aromatic heterocycles. The molecule has 0 bridgehead atoms. The first-order valence-electron chi connectivity index (χ1n) is 8.40. The van der Waals surface area contributed by atoms with Crippen LogP contribution < -0.4 is 5.32 Å². The van der Waals surface area contributed by atoms with Gasteiger partial charge in [0.2, 0.25) is 0 Å². The summed E-state index contributed by atoms with van der Waals surface area (Å²) < 4.78 is 5.96. The van der Waals surface area contributed by atoms with Gasteiger partial charge in [0.25, 0.3) is 0 Å². The topological polar surface area (TPSA) is 24.5 Å². The molecular formula is C18H28N2O. The summed E-state index contributed by atoms with van der Waals surface area (Å²) in [7, 11) is 2.22. The Bertz CT molecular complexity index is 445. The molecule has 116 valence electrons. The number of likely N-dealkylation sites (tertiary alicyclic amines) is 1. The standard InChI is InChI=1S/C18H28N2O/c1-20-10-3-2-7-18(20)14-21-13-16-6-4-5-15(11-16)12-19-17-8-9-17/h4-6,11,17-19H,2-3,7-10,12-14H2,1H3. The van der Waals surface area contributed by atoms with Crippen molar-refractivity contribution in [2.24, 2.45) is 0 Å². The third kappa shape index (κ3) is 4.80. The lowest BCUT2D eigenvalue weighted by molar-refractivity contribution is 0.0444. The van der Waals surface area contributed by atoms with Gasteiger partial charge in [0.15, 0.2) is 0 Å². The van der Waals surface area contributed by atoms with Crippen LogP contribution in [0.5, 0.6) is 0 Å². The van der Waals surface area contributed by atoms with Crippen molar-refractivity contribution < 1.29 is 4.74 Å². The molecular weight excluding hydrogens is 260 g/mol. The molecule has 1 saturated carbocycles. The SMILES string of the molecule is CN1CCCCC1COCc1cccc(CNC2CC2)c1. The lowest BCUT2D eigenvalue weighted by Gasteiger charge is -2.32. The Morgan fingerprint density at radius 2 is 2.05 bits per heavy atom. The van der Waals surface area contributed by atoms with Gasteiger partial charge >= 0.3 is 0 Å². The molecule has 0 radical (unpaired) electrons. The van der Waals surface area contributed by atoms with Crippen LogP contribution in [-0.4, -0.2) is 37.2 Å². The highest BCUT2D eigenvalue weighted by Crippen LogP contribution is 2.19. The van der Waals surface area contributed by atoms with Crippen LogP contribution in [0.2, 0.25) is 0 Å². The van der Waals surface area contributed by atoms with Gasteiger partial charge in [-0.3, -0.25) is 0 Å². The summed E-state index contributed by atoms with van der Waals surface area (Å²) in [5.41, 5.74) is 2.67. The molecule has 0 amide bonds. The average molecular weight is 288 g/mol. The minimum Gasteiger partial charge on any atom is -0.375 e. The van der Waals surface area contributed by atoms with Crippen molar-refractivity contribution in [2.75, 3.05) is 20.2 Å². The Hall–Kier alpha value is -0.900. The lowest BCUT2D eigenvalue weighted by Crippen LogP contribution is -2.39. The number of benzene rings is 1. The molecule has 0 spiro atoms. The molecule has 3 nitrogen and oxygen atoms in total. The summed E-state index contributed by atoms with van der Waals surface area (Å²) in [6, 6.07) is 10.2. The molecule has 1 heterocycles. The molecule has 2 fully saturated rings. The van der Waals surface area contributed by atoms with Crippen LogP contribution in [0.1, 0.15) is 43.2 Å². The Balaban J connectivity index is 1.42. The Morgan fingerprint density at radius 3 is 2.86 bits per heavy atom. The fourth-order valence-electron chi connectivity index (χ4n) is 3.05. The normalized spacial score (nSPS) is 23.4. The summed E-state index contributed by atoms with van der Waals surface area (Å²) in [4.78, 5) is 2.44. The molecule has 1 saturated heterocycles. The fraction of sp³-hybridized carbons (Fsp3) is 0.667. The zero-order valence-electron chi connectivity index (χ0n) is 13.2. The molecule has 1 unspecified atom stereocenters. The number of hydrogen-bond donors (Lipinski definition) is 1. The summed E-state index contributed by atoms with van der Waals surface area (Å²) in [6.07, 6.45) is 6.65. The molecule has 1 atom stereocenters. The van der Waals surface area contributed by atoms with E-state index in [1.807, 2.05) is 0 Å². The molecule has 3 rings (SSSR count). The average Bonchev–Trinajstić information content (AvgIpc) is 3.32. The number of ether oxygens (including phenoxy) is 1. The Morgan fingerprint density at radius 1 is 1.19 bits per heavy atom. The van der Waals surface area contributed by atoms with E-state index in [1.54, 1.807) is 0 Å². The van der Waals surface area contributed by atoms with E-state index >= 15 is 0 Å². The molecule has 1 aromatic carbocycles. The van der Waals surface area contributed by atoms with E-state index in [0.717, 1.165) is 25.8 Å². The van der Waals surface area contributed by atoms with Gasteiger partial charge in [0.1, 0.15) is 0 Å². The van der Waals surface area contributed by atoms with Crippen LogP contribution in [0.3, 0.4) is 0 Å². The van der Waals surface area contributed by atoms with Gasteiger partial charge in [-0.15, -0.1) is 0 Å². The molecule has 1 N–H and O–H groups in total. The maximum atomic E-state index is 5.96. The number of nitrogens with zero attached hydrogens (tertiary/aromatic N) is 1. The second-order valence-electron chi connectivity index (χ2n) is 6.62. The van der Waals surface area contributed by atoms with E-state index in [-0.39, 0.29) is 0 Å². The number of piperidine rings is 1. The smallest absolute Gasteiger partial charge is 0.0717 e. The van der Waals surface area contributed by atoms with E-state index in [9.17, 15) is 0 Å². The van der Waals surface area contributed by atoms with E-state index in [2.05, 4.69) is 41.5 Å². The maximum absolute atomic E-state index is 5.96. The van der Waals surface area contributed by atoms with Crippen LogP contribution >= 0.6 is 0 Å². The third-order valence-corrected chi connectivity index (χ3v) is 4.66. The highest BCUT2D eigenvalue weighted by Gasteiger charge is 2.20. The third-order valence-electron chi connectivity index (χ3n) is 4.66. The molecule has 1 aromatic rings. The summed E-state index contributed by atoms with van der Waals surface area (Å²) in [5, 5.41) is 3.57. The van der Waals surface area contributed by atoms with E-state index in [0.29, 0.717) is 6.04 Å². The largest absolute Gasteiger partial charge is 0.375 e. The van der Waals surface area contributed by atoms with Gasteiger partial charge in [0.05, 0.1) is 13.2 Å². The van der Waals surface area contributed by atoms with E-state index in [1.165, 1.54) is 49.8 Å². The van der Waals surface area contributed by atoms with Crippen LogP contribution in [0.4, 0.5) is 0 Å². The number of likely N-dealkylation sites (N-methyl/N-ethyl adjacent to an activating group) is 1. The van der Waals surface area contributed by atoms with Crippen LogP contribution in [0.15, 0.2) is 24.3 Å². The molecule has 21 heavy (non-hydrogen) atoms. The zero-order valence-corrected chi connectivity index (χ0v) is 13.2. The first-order chi connectivity index (χ1) is 10.3. The molecule has 1 aliphatic carbocycles. The summed E-state index contributed by atoms with van der Waals surface area (Å²) >= 11 is 0. The van der Waals surface area contributed by atoms with Gasteiger partial charge in [-0.1, -0.05) is 30.7 Å².